The van der Waals surface area contributed by atoms with Crippen molar-refractivity contribution in [3.8, 4) is 0 Å². The van der Waals surface area contributed by atoms with Gasteiger partial charge in [0.1, 0.15) is 0 Å². The van der Waals surface area contributed by atoms with Crippen LogP contribution in [0.15, 0.2) is 4.99 Å². The number of nitrogens with one attached hydrogen (secondary N) is 1. The summed E-state index contributed by atoms with van der Waals surface area (Å²) < 4.78 is 5.41. The lowest BCUT2D eigenvalue weighted by atomic mass is 9.95. The Morgan fingerprint density at radius 1 is 1.05 bits per heavy atom. The van der Waals surface area contributed by atoms with Crippen molar-refractivity contribution in [1.29, 1.82) is 0 Å². The molecule has 0 amide bonds. The molecule has 2 rings (SSSR count). The van der Waals surface area contributed by atoms with Crippen molar-refractivity contribution in [3.05, 3.63) is 0 Å². The maximum Gasteiger partial charge on any atom is 0.313 e. The second-order valence-corrected chi connectivity index (χ2v) is 6.03. The highest BCUT2D eigenvalue weighted by Gasteiger charge is 2.19. The molecule has 2 fully saturated rings. The summed E-state index contributed by atoms with van der Waals surface area (Å²) in [6.45, 7) is 1.82. The number of nitrogens with zero attached hydrogens (tertiary/aromatic N) is 1. The van der Waals surface area contributed by atoms with Crippen molar-refractivity contribution in [2.75, 3.05) is 0 Å². The van der Waals surface area contributed by atoms with E-state index in [0.29, 0.717) is 24.5 Å². The third-order valence-corrected chi connectivity index (χ3v) is 4.31. The molecule has 2 aliphatic rings. The average Bonchev–Trinajstić information content (AvgIpc) is 2.49. The fourth-order valence-corrected chi connectivity index (χ4v) is 3.07. The predicted octanol–water partition coefficient (Wildman–Crippen LogP) is 3.55. The molecule has 0 aliphatic heterocycles. The van der Waals surface area contributed by atoms with Gasteiger partial charge >= 0.3 is 5.97 Å². The third-order valence-electron chi connectivity index (χ3n) is 4.31. The fourth-order valence-electron chi connectivity index (χ4n) is 3.07. The second-order valence-electron chi connectivity index (χ2n) is 6.03. The van der Waals surface area contributed by atoms with E-state index in [0.717, 1.165) is 25.7 Å². The van der Waals surface area contributed by atoms with Gasteiger partial charge in [-0.3, -0.25) is 4.79 Å². The molecule has 20 heavy (non-hydrogen) atoms. The van der Waals surface area contributed by atoms with Crippen molar-refractivity contribution < 1.29 is 9.53 Å². The van der Waals surface area contributed by atoms with Crippen LogP contribution in [-0.4, -0.2) is 24.1 Å². The van der Waals surface area contributed by atoms with E-state index in [9.17, 15) is 4.79 Å². The summed E-state index contributed by atoms with van der Waals surface area (Å²) in [7, 11) is 0. The van der Waals surface area contributed by atoms with Crippen molar-refractivity contribution in [3.63, 3.8) is 0 Å². The zero-order valence-electron chi connectivity index (χ0n) is 12.7. The molecule has 0 heterocycles. The number of ether oxygens (including phenoxy) is 1. The van der Waals surface area contributed by atoms with Crippen LogP contribution in [0.2, 0.25) is 0 Å². The summed E-state index contributed by atoms with van der Waals surface area (Å²) in [5.41, 5.74) is 0. The number of aliphatic imine (C=N–C) groups is 1. The molecule has 0 unspecified atom stereocenters. The first-order valence-electron chi connectivity index (χ1n) is 8.33. The molecule has 114 valence electrons. The minimum absolute atomic E-state index is 0.192. The number of hydrogen-bond donors (Lipinski definition) is 1. The van der Waals surface area contributed by atoms with Crippen LogP contribution in [-0.2, 0) is 9.53 Å². The van der Waals surface area contributed by atoms with Gasteiger partial charge in [0.25, 0.3) is 6.02 Å². The standard InChI is InChI=1S/C16H28N2O2/c1-2-15(19)20-16(17-13-9-5-3-6-10-13)18-14-11-7-4-8-12-14/h13-14H,2-12H2,1H3,(H,17,18). The Bertz CT molecular complexity index is 329. The minimum atomic E-state index is -0.192. The van der Waals surface area contributed by atoms with Gasteiger partial charge in [-0.05, 0) is 25.7 Å². The lowest BCUT2D eigenvalue weighted by Gasteiger charge is -2.25. The Balaban J connectivity index is 1.94. The lowest BCUT2D eigenvalue weighted by Crippen LogP contribution is -2.39. The van der Waals surface area contributed by atoms with Crippen LogP contribution < -0.4 is 5.32 Å². The Labute approximate surface area is 122 Å². The summed E-state index contributed by atoms with van der Waals surface area (Å²) in [5.74, 6) is -0.192. The van der Waals surface area contributed by atoms with Gasteiger partial charge < -0.3 is 10.1 Å². The monoisotopic (exact) mass is 280 g/mol. The Morgan fingerprint density at radius 2 is 1.65 bits per heavy atom. The largest absolute Gasteiger partial charge is 0.393 e. The van der Waals surface area contributed by atoms with E-state index in [2.05, 4.69) is 10.3 Å². The van der Waals surface area contributed by atoms with Gasteiger partial charge in [-0.2, -0.15) is 0 Å². The molecule has 2 aliphatic carbocycles. The number of carbonyl (C=O) groups excluding carboxylic acids is 1. The summed E-state index contributed by atoms with van der Waals surface area (Å²) in [4.78, 5) is 16.2. The molecule has 0 aromatic rings. The van der Waals surface area contributed by atoms with Crippen LogP contribution in [0.3, 0.4) is 0 Å². The second kappa shape index (κ2) is 8.28. The number of carbonyl (C=O) groups is 1. The number of rotatable bonds is 3. The van der Waals surface area contributed by atoms with Gasteiger partial charge in [0.05, 0.1) is 6.04 Å². The van der Waals surface area contributed by atoms with Gasteiger partial charge in [-0.25, -0.2) is 4.99 Å². The van der Waals surface area contributed by atoms with Crippen LogP contribution in [0.1, 0.15) is 77.6 Å². The summed E-state index contributed by atoms with van der Waals surface area (Å²) in [5, 5.41) is 3.38. The molecule has 0 spiro atoms. The van der Waals surface area contributed by atoms with Crippen molar-refractivity contribution >= 4 is 12.0 Å². The lowest BCUT2D eigenvalue weighted by molar-refractivity contribution is -0.135. The van der Waals surface area contributed by atoms with E-state index >= 15 is 0 Å². The van der Waals surface area contributed by atoms with E-state index < -0.39 is 0 Å². The van der Waals surface area contributed by atoms with Crippen LogP contribution in [0.4, 0.5) is 0 Å². The molecule has 0 saturated heterocycles. The molecule has 2 saturated carbocycles. The Morgan fingerprint density at radius 3 is 2.25 bits per heavy atom. The smallest absolute Gasteiger partial charge is 0.313 e. The first kappa shape index (κ1) is 15.3. The summed E-state index contributed by atoms with van der Waals surface area (Å²) in [6.07, 6.45) is 12.6. The zero-order valence-corrected chi connectivity index (χ0v) is 12.7. The van der Waals surface area contributed by atoms with E-state index in [-0.39, 0.29) is 5.97 Å². The van der Waals surface area contributed by atoms with Crippen LogP contribution in [0.5, 0.6) is 0 Å². The number of hydrogen-bond acceptors (Lipinski definition) is 3. The van der Waals surface area contributed by atoms with E-state index in [4.69, 9.17) is 4.74 Å². The fraction of sp³-hybridized carbons (Fsp3) is 0.875. The molecule has 0 radical (unpaired) electrons. The third kappa shape index (κ3) is 5.14. The van der Waals surface area contributed by atoms with Crippen LogP contribution in [0.25, 0.3) is 0 Å². The van der Waals surface area contributed by atoms with Gasteiger partial charge in [0, 0.05) is 12.5 Å². The first-order chi connectivity index (χ1) is 9.78. The topological polar surface area (TPSA) is 50.7 Å². The molecule has 4 heteroatoms. The van der Waals surface area contributed by atoms with E-state index in [1.54, 1.807) is 0 Å². The summed E-state index contributed by atoms with van der Waals surface area (Å²) in [6, 6.07) is 1.24. The minimum Gasteiger partial charge on any atom is -0.393 e. The molecular formula is C16H28N2O2. The average molecular weight is 280 g/mol. The van der Waals surface area contributed by atoms with Gasteiger partial charge in [0.2, 0.25) is 0 Å². The maximum absolute atomic E-state index is 11.6. The zero-order chi connectivity index (χ0) is 14.2. The molecule has 0 bridgehead atoms. The normalized spacial score (nSPS) is 22.6. The molecule has 4 nitrogen and oxygen atoms in total. The highest BCUT2D eigenvalue weighted by atomic mass is 16.6. The first-order valence-corrected chi connectivity index (χ1v) is 8.33. The molecule has 0 aromatic carbocycles. The van der Waals surface area contributed by atoms with Crippen molar-refractivity contribution in [1.82, 2.24) is 5.32 Å². The number of esters is 1. The molecule has 0 aromatic heterocycles. The van der Waals surface area contributed by atoms with Crippen LogP contribution in [0, 0.1) is 0 Å². The quantitative estimate of drug-likeness (QED) is 0.488. The van der Waals surface area contributed by atoms with Gasteiger partial charge in [-0.1, -0.05) is 45.4 Å². The molecular weight excluding hydrogens is 252 g/mol. The van der Waals surface area contributed by atoms with Crippen molar-refractivity contribution in [2.45, 2.75) is 89.6 Å². The highest BCUT2D eigenvalue weighted by molar-refractivity contribution is 5.87. The van der Waals surface area contributed by atoms with Crippen molar-refractivity contribution in [2.24, 2.45) is 4.99 Å². The molecule has 1 N–H and O–H groups in total. The molecule has 0 atom stereocenters. The van der Waals surface area contributed by atoms with Gasteiger partial charge in [-0.15, -0.1) is 0 Å². The predicted molar refractivity (Wildman–Crippen MR) is 80.7 cm³/mol. The Hall–Kier alpha value is -1.06. The maximum atomic E-state index is 11.6. The van der Waals surface area contributed by atoms with Gasteiger partial charge in [0.15, 0.2) is 0 Å². The van der Waals surface area contributed by atoms with Crippen LogP contribution >= 0.6 is 0 Å². The Kier molecular flexibility index (Phi) is 6.34. The summed E-state index contributed by atoms with van der Waals surface area (Å²) >= 11 is 0. The SMILES string of the molecule is CCC(=O)OC(=NC1CCCCC1)NC1CCCCC1. The number of amidine groups is 1. The van der Waals surface area contributed by atoms with E-state index in [1.807, 2.05) is 6.92 Å². The highest BCUT2D eigenvalue weighted by Crippen LogP contribution is 2.21. The van der Waals surface area contributed by atoms with E-state index in [1.165, 1.54) is 38.5 Å².